The Bertz CT molecular complexity index is 426. The third-order valence-corrected chi connectivity index (χ3v) is 3.21. The van der Waals surface area contributed by atoms with Crippen LogP contribution in [-0.4, -0.2) is 18.2 Å². The van der Waals surface area contributed by atoms with Gasteiger partial charge in [0.1, 0.15) is 0 Å². The molecule has 0 bridgehead atoms. The molecule has 0 aliphatic rings. The van der Waals surface area contributed by atoms with Crippen LogP contribution >= 0.6 is 15.9 Å². The van der Waals surface area contributed by atoms with Crippen molar-refractivity contribution in [1.29, 1.82) is 0 Å². The number of benzene rings is 1. The van der Waals surface area contributed by atoms with Crippen molar-refractivity contribution in [3.8, 4) is 0 Å². The molecule has 0 unspecified atom stereocenters. The van der Waals surface area contributed by atoms with Gasteiger partial charge in [-0.25, -0.2) is 0 Å². The average Bonchev–Trinajstić information content (AvgIpc) is 2.37. The van der Waals surface area contributed by atoms with Crippen LogP contribution in [0, 0.1) is 5.92 Å². The Labute approximate surface area is 122 Å². The Hall–Kier alpha value is -1.16. The molecule has 0 heterocycles. The SMILES string of the molecule is CC(C)CNC(=O)CCCC(=O)c1ccc(Br)cc1. The molecule has 1 amide bonds. The highest BCUT2D eigenvalue weighted by atomic mass is 79.9. The number of carbonyl (C=O) groups excluding carboxylic acids is 2. The molecule has 19 heavy (non-hydrogen) atoms. The molecule has 1 aromatic rings. The molecular formula is C15H20BrNO2. The lowest BCUT2D eigenvalue weighted by molar-refractivity contribution is -0.121. The van der Waals surface area contributed by atoms with Crippen molar-refractivity contribution in [3.63, 3.8) is 0 Å². The van der Waals surface area contributed by atoms with E-state index in [1.54, 1.807) is 12.1 Å². The molecule has 0 aromatic heterocycles. The summed E-state index contributed by atoms with van der Waals surface area (Å²) in [6, 6.07) is 7.29. The maximum atomic E-state index is 11.9. The summed E-state index contributed by atoms with van der Waals surface area (Å²) in [4.78, 5) is 23.3. The quantitative estimate of drug-likeness (QED) is 0.779. The van der Waals surface area contributed by atoms with Gasteiger partial charge in [-0.3, -0.25) is 9.59 Å². The van der Waals surface area contributed by atoms with Crippen LogP contribution in [0.25, 0.3) is 0 Å². The molecule has 1 N–H and O–H groups in total. The van der Waals surface area contributed by atoms with Gasteiger partial charge in [0, 0.05) is 29.4 Å². The Morgan fingerprint density at radius 3 is 2.37 bits per heavy atom. The third-order valence-electron chi connectivity index (χ3n) is 2.68. The van der Waals surface area contributed by atoms with Gasteiger partial charge in [0.2, 0.25) is 5.91 Å². The maximum Gasteiger partial charge on any atom is 0.220 e. The van der Waals surface area contributed by atoms with E-state index < -0.39 is 0 Å². The first-order chi connectivity index (χ1) is 8.99. The molecule has 0 aliphatic carbocycles. The second kappa shape index (κ2) is 8.10. The zero-order chi connectivity index (χ0) is 14.3. The van der Waals surface area contributed by atoms with E-state index in [2.05, 4.69) is 35.1 Å². The van der Waals surface area contributed by atoms with Crippen LogP contribution in [0.3, 0.4) is 0 Å². The van der Waals surface area contributed by atoms with Gasteiger partial charge in [-0.2, -0.15) is 0 Å². The largest absolute Gasteiger partial charge is 0.356 e. The summed E-state index contributed by atoms with van der Waals surface area (Å²) in [7, 11) is 0. The van der Waals surface area contributed by atoms with Crippen LogP contribution in [0.2, 0.25) is 0 Å². The minimum Gasteiger partial charge on any atom is -0.356 e. The van der Waals surface area contributed by atoms with Crippen LogP contribution in [0.4, 0.5) is 0 Å². The second-order valence-electron chi connectivity index (χ2n) is 4.98. The predicted octanol–water partition coefficient (Wildman–Crippen LogP) is 3.57. The van der Waals surface area contributed by atoms with Crippen LogP contribution in [0.15, 0.2) is 28.7 Å². The normalized spacial score (nSPS) is 10.5. The van der Waals surface area contributed by atoms with E-state index in [-0.39, 0.29) is 11.7 Å². The molecule has 0 fully saturated rings. The molecule has 0 saturated carbocycles. The van der Waals surface area contributed by atoms with E-state index >= 15 is 0 Å². The Morgan fingerprint density at radius 1 is 1.16 bits per heavy atom. The lowest BCUT2D eigenvalue weighted by Crippen LogP contribution is -2.27. The molecular weight excluding hydrogens is 306 g/mol. The summed E-state index contributed by atoms with van der Waals surface area (Å²) in [6.45, 7) is 4.80. The van der Waals surface area contributed by atoms with Crippen LogP contribution in [0.1, 0.15) is 43.5 Å². The van der Waals surface area contributed by atoms with Crippen LogP contribution < -0.4 is 5.32 Å². The zero-order valence-electron chi connectivity index (χ0n) is 11.4. The second-order valence-corrected chi connectivity index (χ2v) is 5.90. The first-order valence-electron chi connectivity index (χ1n) is 6.54. The van der Waals surface area contributed by atoms with Gasteiger partial charge in [-0.05, 0) is 24.5 Å². The van der Waals surface area contributed by atoms with Crippen LogP contribution in [-0.2, 0) is 4.79 Å². The Morgan fingerprint density at radius 2 is 1.79 bits per heavy atom. The highest BCUT2D eigenvalue weighted by Gasteiger charge is 2.07. The molecule has 3 nitrogen and oxygen atoms in total. The van der Waals surface area contributed by atoms with Gasteiger partial charge in [0.05, 0.1) is 0 Å². The number of amides is 1. The van der Waals surface area contributed by atoms with Crippen molar-refractivity contribution >= 4 is 27.6 Å². The molecule has 1 aromatic carbocycles. The first-order valence-corrected chi connectivity index (χ1v) is 7.34. The molecule has 104 valence electrons. The summed E-state index contributed by atoms with van der Waals surface area (Å²) in [5.41, 5.74) is 0.700. The van der Waals surface area contributed by atoms with Gasteiger partial charge in [0.15, 0.2) is 5.78 Å². The predicted molar refractivity (Wildman–Crippen MR) is 80.2 cm³/mol. The minimum atomic E-state index is 0.0253. The fourth-order valence-electron chi connectivity index (χ4n) is 1.60. The summed E-state index contributed by atoms with van der Waals surface area (Å²) >= 11 is 3.33. The number of hydrogen-bond donors (Lipinski definition) is 1. The third kappa shape index (κ3) is 6.53. The number of rotatable bonds is 7. The number of hydrogen-bond acceptors (Lipinski definition) is 2. The van der Waals surface area contributed by atoms with E-state index in [0.717, 1.165) is 4.47 Å². The molecule has 0 atom stereocenters. The van der Waals surface area contributed by atoms with Crippen molar-refractivity contribution in [2.24, 2.45) is 5.92 Å². The van der Waals surface area contributed by atoms with E-state index in [0.29, 0.717) is 37.3 Å². The van der Waals surface area contributed by atoms with Gasteiger partial charge >= 0.3 is 0 Å². The molecule has 0 spiro atoms. The molecule has 0 aliphatic heterocycles. The van der Waals surface area contributed by atoms with E-state index in [1.807, 2.05) is 12.1 Å². The van der Waals surface area contributed by atoms with Crippen molar-refractivity contribution in [3.05, 3.63) is 34.3 Å². The molecule has 0 radical (unpaired) electrons. The van der Waals surface area contributed by atoms with Gasteiger partial charge in [-0.15, -0.1) is 0 Å². The Kier molecular flexibility index (Phi) is 6.78. The van der Waals surface area contributed by atoms with E-state index in [9.17, 15) is 9.59 Å². The van der Waals surface area contributed by atoms with Crippen molar-refractivity contribution in [1.82, 2.24) is 5.32 Å². The maximum absolute atomic E-state index is 11.9. The topological polar surface area (TPSA) is 46.2 Å². The van der Waals surface area contributed by atoms with Crippen LogP contribution in [0.5, 0.6) is 0 Å². The zero-order valence-corrected chi connectivity index (χ0v) is 13.0. The number of halogens is 1. The monoisotopic (exact) mass is 325 g/mol. The van der Waals surface area contributed by atoms with Crippen molar-refractivity contribution < 1.29 is 9.59 Å². The van der Waals surface area contributed by atoms with Gasteiger partial charge < -0.3 is 5.32 Å². The van der Waals surface area contributed by atoms with Gasteiger partial charge in [-0.1, -0.05) is 41.9 Å². The number of nitrogens with one attached hydrogen (secondary N) is 1. The van der Waals surface area contributed by atoms with Gasteiger partial charge in [0.25, 0.3) is 0 Å². The summed E-state index contributed by atoms with van der Waals surface area (Å²) in [5, 5.41) is 2.85. The highest BCUT2D eigenvalue weighted by molar-refractivity contribution is 9.10. The van der Waals surface area contributed by atoms with Crippen molar-refractivity contribution in [2.45, 2.75) is 33.1 Å². The lowest BCUT2D eigenvalue weighted by atomic mass is 10.1. The van der Waals surface area contributed by atoms with Crippen molar-refractivity contribution in [2.75, 3.05) is 6.54 Å². The molecule has 1 rings (SSSR count). The fourth-order valence-corrected chi connectivity index (χ4v) is 1.86. The standard InChI is InChI=1S/C15H20BrNO2/c1-11(2)10-17-15(19)5-3-4-14(18)12-6-8-13(16)9-7-12/h6-9,11H,3-5,10H2,1-2H3,(H,17,19). The number of carbonyl (C=O) groups is 2. The fraction of sp³-hybridized carbons (Fsp3) is 0.467. The molecule has 0 saturated heterocycles. The molecule has 4 heteroatoms. The highest BCUT2D eigenvalue weighted by Crippen LogP contribution is 2.13. The summed E-state index contributed by atoms with van der Waals surface area (Å²) in [6.07, 6.45) is 1.42. The number of Topliss-reactive ketones (excluding diaryl/α,β-unsaturated/α-hetero) is 1. The lowest BCUT2D eigenvalue weighted by Gasteiger charge is -2.07. The van der Waals surface area contributed by atoms with E-state index in [4.69, 9.17) is 0 Å². The number of ketones is 1. The van der Waals surface area contributed by atoms with E-state index in [1.165, 1.54) is 0 Å². The summed E-state index contributed by atoms with van der Waals surface area (Å²) in [5.74, 6) is 0.565. The smallest absolute Gasteiger partial charge is 0.220 e. The summed E-state index contributed by atoms with van der Waals surface area (Å²) < 4.78 is 0.956. The average molecular weight is 326 g/mol. The first kappa shape index (κ1) is 15.9. The minimum absolute atomic E-state index is 0.0253. The Balaban J connectivity index is 2.27.